The molecule has 1 aliphatic heterocycles. The molecule has 0 spiro atoms. The van der Waals surface area contributed by atoms with Crippen LogP contribution in [0.4, 0.5) is 0 Å². The Bertz CT molecular complexity index is 275. The molecule has 0 aliphatic carbocycles. The average Bonchev–Trinajstić information content (AvgIpc) is 2.15. The number of rotatable bonds is 4. The fourth-order valence-corrected chi connectivity index (χ4v) is 1.78. The average molecular weight is 229 g/mol. The molecule has 1 aliphatic rings. The molecular formula is C11H19NO4. The number of carbonyl (C=O) groups is 2. The molecule has 0 unspecified atom stereocenters. The number of hydrogen-bond acceptors (Lipinski definition) is 3. The van der Waals surface area contributed by atoms with E-state index in [0.29, 0.717) is 32.5 Å². The van der Waals surface area contributed by atoms with Crippen LogP contribution in [-0.4, -0.2) is 47.2 Å². The SMILES string of the molecule is CC1(C)CN(C(=O)CCCC(=O)O)CCO1. The van der Waals surface area contributed by atoms with Gasteiger partial charge in [0.2, 0.25) is 5.91 Å². The molecular weight excluding hydrogens is 210 g/mol. The van der Waals surface area contributed by atoms with Crippen molar-refractivity contribution in [2.24, 2.45) is 0 Å². The van der Waals surface area contributed by atoms with Gasteiger partial charge in [-0.1, -0.05) is 0 Å². The van der Waals surface area contributed by atoms with Gasteiger partial charge in [-0.2, -0.15) is 0 Å². The zero-order valence-corrected chi connectivity index (χ0v) is 9.86. The van der Waals surface area contributed by atoms with Gasteiger partial charge in [0.05, 0.1) is 12.2 Å². The fraction of sp³-hybridized carbons (Fsp3) is 0.818. The van der Waals surface area contributed by atoms with Crippen LogP contribution >= 0.6 is 0 Å². The molecule has 5 nitrogen and oxygen atoms in total. The van der Waals surface area contributed by atoms with Gasteiger partial charge in [0.1, 0.15) is 0 Å². The van der Waals surface area contributed by atoms with Crippen molar-refractivity contribution in [3.63, 3.8) is 0 Å². The Balaban J connectivity index is 2.33. The molecule has 0 aromatic rings. The van der Waals surface area contributed by atoms with Gasteiger partial charge in [-0.3, -0.25) is 9.59 Å². The van der Waals surface area contributed by atoms with E-state index >= 15 is 0 Å². The maximum atomic E-state index is 11.7. The lowest BCUT2D eigenvalue weighted by Crippen LogP contribution is -2.50. The van der Waals surface area contributed by atoms with Crippen LogP contribution in [0.15, 0.2) is 0 Å². The number of carboxylic acid groups (broad SMARTS) is 1. The number of aliphatic carboxylic acids is 1. The summed E-state index contributed by atoms with van der Waals surface area (Å²) in [7, 11) is 0. The van der Waals surface area contributed by atoms with Crippen LogP contribution in [0.25, 0.3) is 0 Å². The molecule has 0 aromatic heterocycles. The molecule has 1 N–H and O–H groups in total. The molecule has 0 atom stereocenters. The topological polar surface area (TPSA) is 66.8 Å². The van der Waals surface area contributed by atoms with Gasteiger partial charge in [0.15, 0.2) is 0 Å². The molecule has 0 radical (unpaired) electrons. The van der Waals surface area contributed by atoms with E-state index in [-0.39, 0.29) is 17.9 Å². The summed E-state index contributed by atoms with van der Waals surface area (Å²) in [6.45, 7) is 5.64. The lowest BCUT2D eigenvalue weighted by atomic mass is 10.1. The molecule has 0 bridgehead atoms. The molecule has 1 heterocycles. The Morgan fingerprint density at radius 3 is 2.62 bits per heavy atom. The normalized spacial score (nSPS) is 19.5. The number of amides is 1. The maximum absolute atomic E-state index is 11.7. The Hall–Kier alpha value is -1.10. The Kier molecular flexibility index (Phi) is 4.29. The van der Waals surface area contributed by atoms with E-state index in [1.807, 2.05) is 13.8 Å². The van der Waals surface area contributed by atoms with Crippen LogP contribution in [0.1, 0.15) is 33.1 Å². The highest BCUT2D eigenvalue weighted by Gasteiger charge is 2.29. The first kappa shape index (κ1) is 13.0. The van der Waals surface area contributed by atoms with Crippen LogP contribution in [0.2, 0.25) is 0 Å². The Morgan fingerprint density at radius 2 is 2.06 bits per heavy atom. The molecule has 0 saturated carbocycles. The summed E-state index contributed by atoms with van der Waals surface area (Å²) in [5.74, 6) is -0.826. The van der Waals surface area contributed by atoms with Crippen molar-refractivity contribution in [2.45, 2.75) is 38.7 Å². The minimum atomic E-state index is -0.852. The van der Waals surface area contributed by atoms with Crippen LogP contribution < -0.4 is 0 Å². The smallest absolute Gasteiger partial charge is 0.303 e. The lowest BCUT2D eigenvalue weighted by Gasteiger charge is -2.38. The second kappa shape index (κ2) is 5.30. The van der Waals surface area contributed by atoms with Gasteiger partial charge >= 0.3 is 5.97 Å². The number of hydrogen-bond donors (Lipinski definition) is 1. The van der Waals surface area contributed by atoms with E-state index in [1.165, 1.54) is 0 Å². The van der Waals surface area contributed by atoms with Crippen molar-refractivity contribution < 1.29 is 19.4 Å². The first-order valence-corrected chi connectivity index (χ1v) is 5.54. The Labute approximate surface area is 95.4 Å². The first-order chi connectivity index (χ1) is 7.41. The third-order valence-corrected chi connectivity index (χ3v) is 2.56. The summed E-state index contributed by atoms with van der Waals surface area (Å²) in [6, 6.07) is 0. The number of carboxylic acids is 1. The number of nitrogens with zero attached hydrogens (tertiary/aromatic N) is 1. The predicted octanol–water partition coefficient (Wildman–Crippen LogP) is 0.879. The van der Waals surface area contributed by atoms with Gasteiger partial charge in [0.25, 0.3) is 0 Å². The van der Waals surface area contributed by atoms with E-state index in [2.05, 4.69) is 0 Å². The van der Waals surface area contributed by atoms with Crippen LogP contribution in [0, 0.1) is 0 Å². The number of ether oxygens (including phenoxy) is 1. The summed E-state index contributed by atoms with van der Waals surface area (Å²) in [4.78, 5) is 23.8. The summed E-state index contributed by atoms with van der Waals surface area (Å²) in [5.41, 5.74) is -0.291. The molecule has 0 aromatic carbocycles. The van der Waals surface area contributed by atoms with Gasteiger partial charge in [-0.25, -0.2) is 0 Å². The maximum Gasteiger partial charge on any atom is 0.303 e. The van der Waals surface area contributed by atoms with E-state index < -0.39 is 5.97 Å². The largest absolute Gasteiger partial charge is 0.481 e. The molecule has 1 saturated heterocycles. The monoisotopic (exact) mass is 229 g/mol. The summed E-state index contributed by atoms with van der Waals surface area (Å²) in [5, 5.41) is 8.47. The second-order valence-corrected chi connectivity index (χ2v) is 4.67. The zero-order chi connectivity index (χ0) is 12.2. The van der Waals surface area contributed by atoms with Crippen molar-refractivity contribution in [2.75, 3.05) is 19.7 Å². The molecule has 1 fully saturated rings. The quantitative estimate of drug-likeness (QED) is 0.777. The fourth-order valence-electron chi connectivity index (χ4n) is 1.78. The summed E-state index contributed by atoms with van der Waals surface area (Å²) in [6.07, 6.45) is 0.772. The zero-order valence-electron chi connectivity index (χ0n) is 9.86. The van der Waals surface area contributed by atoms with Gasteiger partial charge in [-0.15, -0.1) is 0 Å². The van der Waals surface area contributed by atoms with Crippen LogP contribution in [0.3, 0.4) is 0 Å². The predicted molar refractivity (Wildman–Crippen MR) is 58.1 cm³/mol. The molecule has 16 heavy (non-hydrogen) atoms. The van der Waals surface area contributed by atoms with Gasteiger partial charge in [-0.05, 0) is 20.3 Å². The third-order valence-electron chi connectivity index (χ3n) is 2.56. The standard InChI is InChI=1S/C11H19NO4/c1-11(2)8-12(6-7-16-11)9(13)4-3-5-10(14)15/h3-8H2,1-2H3,(H,14,15). The van der Waals surface area contributed by atoms with Gasteiger partial charge < -0.3 is 14.7 Å². The minimum Gasteiger partial charge on any atom is -0.481 e. The van der Waals surface area contributed by atoms with E-state index in [4.69, 9.17) is 9.84 Å². The highest BCUT2D eigenvalue weighted by atomic mass is 16.5. The molecule has 1 rings (SSSR count). The number of morpholine rings is 1. The van der Waals surface area contributed by atoms with Crippen molar-refractivity contribution in [3.05, 3.63) is 0 Å². The van der Waals surface area contributed by atoms with E-state index in [0.717, 1.165) is 0 Å². The summed E-state index contributed by atoms with van der Waals surface area (Å²) >= 11 is 0. The first-order valence-electron chi connectivity index (χ1n) is 5.54. The highest BCUT2D eigenvalue weighted by molar-refractivity contribution is 5.77. The van der Waals surface area contributed by atoms with Crippen LogP contribution in [-0.2, 0) is 14.3 Å². The van der Waals surface area contributed by atoms with Crippen molar-refractivity contribution >= 4 is 11.9 Å². The highest BCUT2D eigenvalue weighted by Crippen LogP contribution is 2.17. The lowest BCUT2D eigenvalue weighted by molar-refractivity contribution is -0.146. The van der Waals surface area contributed by atoms with Gasteiger partial charge in [0, 0.05) is 25.9 Å². The van der Waals surface area contributed by atoms with E-state index in [9.17, 15) is 9.59 Å². The molecule has 92 valence electrons. The summed E-state index contributed by atoms with van der Waals surface area (Å²) < 4.78 is 5.50. The van der Waals surface area contributed by atoms with Crippen molar-refractivity contribution in [1.82, 2.24) is 4.90 Å². The molecule has 1 amide bonds. The van der Waals surface area contributed by atoms with Crippen molar-refractivity contribution in [1.29, 1.82) is 0 Å². The van der Waals surface area contributed by atoms with Crippen LogP contribution in [0.5, 0.6) is 0 Å². The third kappa shape index (κ3) is 4.18. The van der Waals surface area contributed by atoms with E-state index in [1.54, 1.807) is 4.90 Å². The van der Waals surface area contributed by atoms with Crippen molar-refractivity contribution in [3.8, 4) is 0 Å². The number of carbonyl (C=O) groups excluding carboxylic acids is 1. The molecule has 5 heteroatoms. The second-order valence-electron chi connectivity index (χ2n) is 4.67. The minimum absolute atomic E-state index is 0.0256. The Morgan fingerprint density at radius 1 is 1.38 bits per heavy atom.